The fraction of sp³-hybridized carbons (Fsp3) is 0.208. The second-order valence-electron chi connectivity index (χ2n) is 6.76. The average molecular weight is 360 g/mol. The molecule has 0 aliphatic carbocycles. The van der Waals surface area contributed by atoms with Gasteiger partial charge in [0.1, 0.15) is 13.1 Å². The smallest absolute Gasteiger partial charge is 0.337 e. The van der Waals surface area contributed by atoms with Crippen LogP contribution in [0.5, 0.6) is 0 Å². The van der Waals surface area contributed by atoms with Gasteiger partial charge in [0.15, 0.2) is 0 Å². The van der Waals surface area contributed by atoms with E-state index in [1.807, 2.05) is 24.3 Å². The quantitative estimate of drug-likeness (QED) is 0.625. The zero-order chi connectivity index (χ0) is 18.9. The summed E-state index contributed by atoms with van der Waals surface area (Å²) in [6.07, 6.45) is 1.04. The van der Waals surface area contributed by atoms with Crippen LogP contribution in [0.25, 0.3) is 0 Å². The highest BCUT2D eigenvalue weighted by atomic mass is 16.5. The molecule has 1 N–H and O–H groups in total. The number of benzene rings is 3. The SMILES string of the molecule is COC(=O)c1ccc(C[NH+](CCc2ccccc2)Cc2ccccc2)cc1. The number of rotatable bonds is 8. The minimum Gasteiger partial charge on any atom is -0.465 e. The van der Waals surface area contributed by atoms with E-state index in [1.54, 1.807) is 0 Å². The predicted molar refractivity (Wildman–Crippen MR) is 108 cm³/mol. The molecule has 0 spiro atoms. The van der Waals surface area contributed by atoms with Crippen molar-refractivity contribution in [3.05, 3.63) is 107 Å². The van der Waals surface area contributed by atoms with Crippen LogP contribution in [0.1, 0.15) is 27.0 Å². The van der Waals surface area contributed by atoms with Gasteiger partial charge in [0.05, 0.1) is 19.2 Å². The average Bonchev–Trinajstić information content (AvgIpc) is 2.73. The Hall–Kier alpha value is -2.91. The molecular weight excluding hydrogens is 334 g/mol. The maximum absolute atomic E-state index is 11.6. The first-order valence-corrected chi connectivity index (χ1v) is 9.33. The largest absolute Gasteiger partial charge is 0.465 e. The topological polar surface area (TPSA) is 30.7 Å². The van der Waals surface area contributed by atoms with Crippen molar-refractivity contribution in [3.63, 3.8) is 0 Å². The maximum atomic E-state index is 11.6. The summed E-state index contributed by atoms with van der Waals surface area (Å²) in [5.41, 5.74) is 4.52. The summed E-state index contributed by atoms with van der Waals surface area (Å²) >= 11 is 0. The lowest BCUT2D eigenvalue weighted by atomic mass is 10.1. The fourth-order valence-electron chi connectivity index (χ4n) is 3.25. The van der Waals surface area contributed by atoms with Gasteiger partial charge in [-0.05, 0) is 17.7 Å². The van der Waals surface area contributed by atoms with Gasteiger partial charge in [-0.2, -0.15) is 0 Å². The molecule has 0 saturated heterocycles. The van der Waals surface area contributed by atoms with E-state index in [1.165, 1.54) is 28.7 Å². The van der Waals surface area contributed by atoms with Gasteiger partial charge < -0.3 is 9.64 Å². The Morgan fingerprint density at radius 2 is 1.26 bits per heavy atom. The number of hydrogen-bond donors (Lipinski definition) is 1. The van der Waals surface area contributed by atoms with Crippen molar-refractivity contribution in [2.24, 2.45) is 0 Å². The summed E-state index contributed by atoms with van der Waals surface area (Å²) in [4.78, 5) is 13.1. The van der Waals surface area contributed by atoms with E-state index in [2.05, 4.69) is 60.7 Å². The molecule has 3 heteroatoms. The number of methoxy groups -OCH3 is 1. The molecule has 0 bridgehead atoms. The third-order valence-electron chi connectivity index (χ3n) is 4.74. The number of carbonyl (C=O) groups excluding carboxylic acids is 1. The number of nitrogens with one attached hydrogen (secondary N) is 1. The molecule has 0 aromatic heterocycles. The van der Waals surface area contributed by atoms with Crippen LogP contribution >= 0.6 is 0 Å². The second kappa shape index (κ2) is 9.70. The molecule has 0 aliphatic rings. The van der Waals surface area contributed by atoms with E-state index in [0.717, 1.165) is 26.1 Å². The highest BCUT2D eigenvalue weighted by molar-refractivity contribution is 5.89. The van der Waals surface area contributed by atoms with Crippen LogP contribution in [-0.2, 0) is 24.2 Å². The molecule has 1 atom stereocenters. The maximum Gasteiger partial charge on any atom is 0.337 e. The van der Waals surface area contributed by atoms with Crippen molar-refractivity contribution < 1.29 is 14.4 Å². The molecular formula is C24H26NO2+. The number of esters is 1. The standard InChI is InChI=1S/C24H25NO2/c1-27-24(26)23-14-12-22(13-15-23)19-25(18-21-10-6-3-7-11-21)17-16-20-8-4-2-5-9-20/h2-15H,16-19H2,1H3/p+1. The summed E-state index contributed by atoms with van der Waals surface area (Å²) in [5, 5.41) is 0. The molecule has 3 aromatic rings. The Balaban J connectivity index is 1.69. The minimum atomic E-state index is -0.292. The van der Waals surface area contributed by atoms with E-state index in [-0.39, 0.29) is 5.97 Å². The molecule has 0 saturated carbocycles. The van der Waals surface area contributed by atoms with Crippen molar-refractivity contribution in [1.82, 2.24) is 0 Å². The molecule has 3 rings (SSSR count). The monoisotopic (exact) mass is 360 g/mol. The van der Waals surface area contributed by atoms with E-state index in [4.69, 9.17) is 4.74 Å². The van der Waals surface area contributed by atoms with Gasteiger partial charge in [0.2, 0.25) is 0 Å². The van der Waals surface area contributed by atoms with Crippen LogP contribution in [0.2, 0.25) is 0 Å². The molecule has 0 fully saturated rings. The van der Waals surface area contributed by atoms with Gasteiger partial charge in [-0.1, -0.05) is 72.8 Å². The summed E-state index contributed by atoms with van der Waals surface area (Å²) < 4.78 is 4.78. The molecule has 138 valence electrons. The Kier molecular flexibility index (Phi) is 6.78. The van der Waals surface area contributed by atoms with Crippen LogP contribution in [0.4, 0.5) is 0 Å². The molecule has 0 amide bonds. The molecule has 3 aromatic carbocycles. The Morgan fingerprint density at radius 3 is 1.81 bits per heavy atom. The molecule has 1 unspecified atom stereocenters. The third kappa shape index (κ3) is 5.80. The van der Waals surface area contributed by atoms with Gasteiger partial charge in [-0.3, -0.25) is 0 Å². The number of hydrogen-bond acceptors (Lipinski definition) is 2. The van der Waals surface area contributed by atoms with Crippen molar-refractivity contribution in [3.8, 4) is 0 Å². The highest BCUT2D eigenvalue weighted by Crippen LogP contribution is 2.06. The van der Waals surface area contributed by atoms with Gasteiger partial charge in [-0.25, -0.2) is 4.79 Å². The third-order valence-corrected chi connectivity index (χ3v) is 4.74. The Morgan fingerprint density at radius 1 is 0.741 bits per heavy atom. The lowest BCUT2D eigenvalue weighted by Gasteiger charge is -2.20. The first-order chi connectivity index (χ1) is 13.2. The van der Waals surface area contributed by atoms with Crippen LogP contribution < -0.4 is 4.90 Å². The molecule has 0 heterocycles. The zero-order valence-electron chi connectivity index (χ0n) is 15.7. The Bertz CT molecular complexity index is 829. The summed E-state index contributed by atoms with van der Waals surface area (Å²) in [7, 11) is 1.41. The van der Waals surface area contributed by atoms with Gasteiger partial charge in [0, 0.05) is 17.5 Å². The van der Waals surface area contributed by atoms with Crippen LogP contribution in [0.3, 0.4) is 0 Å². The lowest BCUT2D eigenvalue weighted by Crippen LogP contribution is -3.09. The number of ether oxygens (including phenoxy) is 1. The first-order valence-electron chi connectivity index (χ1n) is 9.33. The molecule has 0 aliphatic heterocycles. The van der Waals surface area contributed by atoms with Crippen molar-refractivity contribution in [2.75, 3.05) is 13.7 Å². The van der Waals surface area contributed by atoms with E-state index >= 15 is 0 Å². The van der Waals surface area contributed by atoms with Crippen LogP contribution in [-0.4, -0.2) is 19.6 Å². The molecule has 27 heavy (non-hydrogen) atoms. The zero-order valence-corrected chi connectivity index (χ0v) is 15.7. The number of quaternary nitrogens is 1. The van der Waals surface area contributed by atoms with Gasteiger partial charge in [-0.15, -0.1) is 0 Å². The molecule has 0 radical (unpaired) electrons. The van der Waals surface area contributed by atoms with E-state index in [9.17, 15) is 4.79 Å². The van der Waals surface area contributed by atoms with E-state index in [0.29, 0.717) is 5.56 Å². The fourth-order valence-corrected chi connectivity index (χ4v) is 3.25. The van der Waals surface area contributed by atoms with Crippen LogP contribution in [0.15, 0.2) is 84.9 Å². The highest BCUT2D eigenvalue weighted by Gasteiger charge is 2.12. The van der Waals surface area contributed by atoms with Crippen molar-refractivity contribution in [1.29, 1.82) is 0 Å². The normalized spacial score (nSPS) is 11.7. The Labute approximate surface area is 161 Å². The second-order valence-corrected chi connectivity index (χ2v) is 6.76. The van der Waals surface area contributed by atoms with Gasteiger partial charge >= 0.3 is 5.97 Å². The van der Waals surface area contributed by atoms with Crippen molar-refractivity contribution in [2.45, 2.75) is 19.5 Å². The lowest BCUT2D eigenvalue weighted by molar-refractivity contribution is -0.927. The first kappa shape index (κ1) is 18.9. The van der Waals surface area contributed by atoms with Gasteiger partial charge in [0.25, 0.3) is 0 Å². The number of carbonyl (C=O) groups is 1. The summed E-state index contributed by atoms with van der Waals surface area (Å²) in [6.45, 7) is 2.95. The molecule has 3 nitrogen and oxygen atoms in total. The minimum absolute atomic E-state index is 0.292. The van der Waals surface area contributed by atoms with Crippen LogP contribution in [0, 0.1) is 0 Å². The van der Waals surface area contributed by atoms with Crippen molar-refractivity contribution >= 4 is 5.97 Å². The van der Waals surface area contributed by atoms with E-state index < -0.39 is 0 Å². The summed E-state index contributed by atoms with van der Waals surface area (Å²) in [6, 6.07) is 29.0. The predicted octanol–water partition coefficient (Wildman–Crippen LogP) is 3.30. The summed E-state index contributed by atoms with van der Waals surface area (Å²) in [5.74, 6) is -0.292.